The number of rotatable bonds is 5. The number of likely N-dealkylation sites (tertiary alicyclic amines) is 1. The van der Waals surface area contributed by atoms with Crippen LogP contribution in [0, 0.1) is 30.4 Å². The minimum atomic E-state index is -0.780. The largest absolute Gasteiger partial charge is 0.381 e. The van der Waals surface area contributed by atoms with Crippen LogP contribution in [0.1, 0.15) is 40.4 Å². The fourth-order valence-electron chi connectivity index (χ4n) is 4.73. The van der Waals surface area contributed by atoms with Gasteiger partial charge in [0.25, 0.3) is 5.91 Å². The molecule has 9 heteroatoms. The van der Waals surface area contributed by atoms with E-state index in [-0.39, 0.29) is 40.3 Å². The highest BCUT2D eigenvalue weighted by Crippen LogP contribution is 2.48. The Morgan fingerprint density at radius 2 is 1.97 bits per heavy atom. The molecule has 0 spiro atoms. The van der Waals surface area contributed by atoms with E-state index < -0.39 is 23.7 Å². The first-order valence-corrected chi connectivity index (χ1v) is 11.0. The number of fused-ring (bicyclic) bond motifs is 1. The second kappa shape index (κ2) is 8.08. The first-order chi connectivity index (χ1) is 15.3. The van der Waals surface area contributed by atoms with Crippen molar-refractivity contribution in [3.05, 3.63) is 63.9 Å². The van der Waals surface area contributed by atoms with Gasteiger partial charge < -0.3 is 15.0 Å². The Morgan fingerprint density at radius 1 is 1.19 bits per heavy atom. The van der Waals surface area contributed by atoms with Crippen LogP contribution in [0.2, 0.25) is 5.02 Å². The number of hydrogen-bond donors (Lipinski definition) is 1. The number of nitrogens with zero attached hydrogens (tertiary/aromatic N) is 2. The van der Waals surface area contributed by atoms with Crippen LogP contribution in [0.25, 0.3) is 0 Å². The number of carbonyl (C=O) groups excluding carboxylic acids is 2. The van der Waals surface area contributed by atoms with E-state index in [0.717, 1.165) is 24.1 Å². The number of aryl methyl sites for hydroxylation is 1. The van der Waals surface area contributed by atoms with Crippen LogP contribution in [-0.2, 0) is 9.53 Å². The Hall–Kier alpha value is -2.58. The Bertz CT molecular complexity index is 1090. The average molecular weight is 462 g/mol. The summed E-state index contributed by atoms with van der Waals surface area (Å²) in [5, 5.41) is 2.56. The maximum atomic E-state index is 14.6. The molecule has 1 aromatic carbocycles. The van der Waals surface area contributed by atoms with Gasteiger partial charge in [-0.2, -0.15) is 0 Å². The van der Waals surface area contributed by atoms with Gasteiger partial charge in [-0.3, -0.25) is 14.6 Å². The number of ether oxygens (including phenoxy) is 1. The molecule has 3 aliphatic rings. The number of nitrogens with one attached hydrogen (secondary N) is 1. The molecule has 1 aromatic heterocycles. The van der Waals surface area contributed by atoms with Gasteiger partial charge in [0.05, 0.1) is 29.8 Å². The maximum Gasteiger partial charge on any atom is 0.256 e. The van der Waals surface area contributed by atoms with E-state index in [4.69, 9.17) is 16.3 Å². The van der Waals surface area contributed by atoms with Gasteiger partial charge >= 0.3 is 0 Å². The number of halogens is 3. The summed E-state index contributed by atoms with van der Waals surface area (Å²) in [6.07, 6.45) is 4.58. The van der Waals surface area contributed by atoms with Gasteiger partial charge in [0.1, 0.15) is 17.7 Å². The standard InChI is InChI=1S/C23H22ClF2N3O3/c1-11-2-13(8-27-7-11)23(31)29-19-3-12(19)4-20(29)22(30)28-21(14-9-32-10-14)15-5-18(26)16(24)6-17(15)25/h2,5-8,12,14,19-21H,3-4,9-10H2,1H3,(H,28,30)/t12-,19-,20-,21-/m1/s1. The van der Waals surface area contributed by atoms with Crippen molar-refractivity contribution in [3.8, 4) is 0 Å². The van der Waals surface area contributed by atoms with E-state index in [1.54, 1.807) is 17.2 Å². The molecule has 0 unspecified atom stereocenters. The Balaban J connectivity index is 1.40. The molecule has 2 saturated heterocycles. The van der Waals surface area contributed by atoms with Crippen LogP contribution in [0.3, 0.4) is 0 Å². The molecule has 3 fully saturated rings. The maximum absolute atomic E-state index is 14.6. The first kappa shape index (κ1) is 21.3. The number of carbonyl (C=O) groups is 2. The highest BCUT2D eigenvalue weighted by molar-refractivity contribution is 6.30. The Labute approximate surface area is 188 Å². The van der Waals surface area contributed by atoms with Gasteiger partial charge in [-0.25, -0.2) is 8.78 Å². The number of pyridine rings is 1. The van der Waals surface area contributed by atoms with Crippen LogP contribution >= 0.6 is 11.6 Å². The quantitative estimate of drug-likeness (QED) is 0.692. The molecule has 2 amide bonds. The van der Waals surface area contributed by atoms with E-state index in [9.17, 15) is 18.4 Å². The lowest BCUT2D eigenvalue weighted by atomic mass is 9.90. The molecule has 6 nitrogen and oxygen atoms in total. The van der Waals surface area contributed by atoms with Crippen LogP contribution < -0.4 is 5.32 Å². The first-order valence-electron chi connectivity index (χ1n) is 10.6. The summed E-state index contributed by atoms with van der Waals surface area (Å²) in [5.41, 5.74) is 1.32. The molecule has 2 aromatic rings. The van der Waals surface area contributed by atoms with Gasteiger partial charge in [0.15, 0.2) is 0 Å². The molecular weight excluding hydrogens is 440 g/mol. The molecule has 4 atom stereocenters. The molecule has 1 aliphatic carbocycles. The summed E-state index contributed by atoms with van der Waals surface area (Å²) >= 11 is 5.70. The molecule has 0 radical (unpaired) electrons. The predicted octanol–water partition coefficient (Wildman–Crippen LogP) is 3.43. The van der Waals surface area contributed by atoms with E-state index in [1.807, 2.05) is 6.92 Å². The van der Waals surface area contributed by atoms with E-state index in [0.29, 0.717) is 25.2 Å². The molecule has 3 heterocycles. The zero-order chi connectivity index (χ0) is 22.6. The lowest BCUT2D eigenvalue weighted by Crippen LogP contribution is -2.51. The Kier molecular flexibility index (Phi) is 5.37. The van der Waals surface area contributed by atoms with Gasteiger partial charge in [-0.05, 0) is 49.4 Å². The zero-order valence-corrected chi connectivity index (χ0v) is 18.1. The summed E-state index contributed by atoms with van der Waals surface area (Å²) in [7, 11) is 0. The summed E-state index contributed by atoms with van der Waals surface area (Å²) in [4.78, 5) is 32.2. The van der Waals surface area contributed by atoms with Gasteiger partial charge in [-0.15, -0.1) is 0 Å². The van der Waals surface area contributed by atoms with Crippen LogP contribution in [0.5, 0.6) is 0 Å². The fourth-order valence-corrected chi connectivity index (χ4v) is 4.88. The minimum absolute atomic E-state index is 0.0222. The number of piperidine rings is 1. The van der Waals surface area contributed by atoms with Crippen molar-refractivity contribution in [1.82, 2.24) is 15.2 Å². The van der Waals surface area contributed by atoms with Crippen molar-refractivity contribution in [2.24, 2.45) is 11.8 Å². The van der Waals surface area contributed by atoms with E-state index in [1.165, 1.54) is 6.20 Å². The normalized spacial score (nSPS) is 25.1. The average Bonchev–Trinajstić information content (AvgIpc) is 3.38. The third-order valence-electron chi connectivity index (χ3n) is 6.57. The molecule has 1 N–H and O–H groups in total. The van der Waals surface area contributed by atoms with Gasteiger partial charge in [0.2, 0.25) is 5.91 Å². The molecule has 1 saturated carbocycles. The molecule has 32 heavy (non-hydrogen) atoms. The SMILES string of the molecule is Cc1cncc(C(=O)N2[C@@H](C(=O)N[C@@H](c3cc(F)c(Cl)cc3F)C3COC3)C[C@H]3C[C@H]32)c1. The van der Waals surface area contributed by atoms with Crippen LogP contribution in [0.4, 0.5) is 8.78 Å². The van der Waals surface area contributed by atoms with E-state index >= 15 is 0 Å². The predicted molar refractivity (Wildman–Crippen MR) is 112 cm³/mol. The van der Waals surface area contributed by atoms with Crippen molar-refractivity contribution >= 4 is 23.4 Å². The summed E-state index contributed by atoms with van der Waals surface area (Å²) < 4.78 is 34.0. The number of aromatic nitrogens is 1. The third-order valence-corrected chi connectivity index (χ3v) is 6.86. The highest BCUT2D eigenvalue weighted by atomic mass is 35.5. The number of hydrogen-bond acceptors (Lipinski definition) is 4. The number of amides is 2. The monoisotopic (exact) mass is 461 g/mol. The molecule has 2 aliphatic heterocycles. The van der Waals surface area contributed by atoms with Gasteiger partial charge in [-0.1, -0.05) is 11.6 Å². The lowest BCUT2D eigenvalue weighted by Gasteiger charge is -2.36. The third kappa shape index (κ3) is 3.75. The Morgan fingerprint density at radius 3 is 2.66 bits per heavy atom. The second-order valence-corrected chi connectivity index (χ2v) is 9.26. The van der Waals surface area contributed by atoms with Crippen molar-refractivity contribution in [2.75, 3.05) is 13.2 Å². The molecular formula is C23H22ClF2N3O3. The molecule has 168 valence electrons. The fraction of sp³-hybridized carbons (Fsp3) is 0.435. The smallest absolute Gasteiger partial charge is 0.256 e. The van der Waals surface area contributed by atoms with Crippen molar-refractivity contribution < 1.29 is 23.1 Å². The highest BCUT2D eigenvalue weighted by Gasteiger charge is 2.56. The zero-order valence-electron chi connectivity index (χ0n) is 17.4. The van der Waals surface area contributed by atoms with Crippen molar-refractivity contribution in [3.63, 3.8) is 0 Å². The summed E-state index contributed by atoms with van der Waals surface area (Å²) in [6.45, 7) is 2.49. The summed E-state index contributed by atoms with van der Waals surface area (Å²) in [5.74, 6) is -1.98. The van der Waals surface area contributed by atoms with Gasteiger partial charge in [0, 0.05) is 29.9 Å². The van der Waals surface area contributed by atoms with E-state index in [2.05, 4.69) is 10.3 Å². The minimum Gasteiger partial charge on any atom is -0.381 e. The van der Waals surface area contributed by atoms with Crippen LogP contribution in [0.15, 0.2) is 30.6 Å². The second-order valence-electron chi connectivity index (χ2n) is 8.85. The summed E-state index contributed by atoms with van der Waals surface area (Å²) in [6, 6.07) is 2.26. The van der Waals surface area contributed by atoms with Crippen molar-refractivity contribution in [2.45, 2.75) is 37.9 Å². The lowest BCUT2D eigenvalue weighted by molar-refractivity contribution is -0.128. The topological polar surface area (TPSA) is 71.5 Å². The van der Waals surface area contributed by atoms with Crippen molar-refractivity contribution in [1.29, 1.82) is 0 Å². The molecule has 5 rings (SSSR count). The number of benzene rings is 1. The molecule has 0 bridgehead atoms. The van der Waals surface area contributed by atoms with Crippen LogP contribution in [-0.4, -0.2) is 47.0 Å².